The molecular weight excluding hydrogens is 336 g/mol. The molecule has 98 valence electrons. The SMILES string of the molecule is Nc1nc(SCc2nnc(-c3ccc(Br)o3)o2)n[nH]1. The van der Waals surface area contributed by atoms with Crippen LogP contribution in [0.25, 0.3) is 11.7 Å². The van der Waals surface area contributed by atoms with Crippen molar-refractivity contribution in [2.45, 2.75) is 10.9 Å². The fourth-order valence-corrected chi connectivity index (χ4v) is 2.24. The number of nitrogen functional groups attached to an aromatic ring is 1. The zero-order valence-electron chi connectivity index (χ0n) is 9.33. The van der Waals surface area contributed by atoms with Crippen LogP contribution >= 0.6 is 27.7 Å². The number of aromatic nitrogens is 5. The third-order valence-corrected chi connectivity index (χ3v) is 3.32. The standard InChI is InChI=1S/C9H7BrN6O2S/c10-5-2-1-4(17-5)7-14-13-6(18-7)3-19-9-12-8(11)15-16-9/h1-2H,3H2,(H3,11,12,15,16). The number of hydrogen-bond acceptors (Lipinski definition) is 8. The molecule has 3 rings (SSSR count). The molecule has 0 aliphatic carbocycles. The summed E-state index contributed by atoms with van der Waals surface area (Å²) in [7, 11) is 0. The predicted molar refractivity (Wildman–Crippen MR) is 70.1 cm³/mol. The van der Waals surface area contributed by atoms with Gasteiger partial charge in [-0.2, -0.15) is 4.98 Å². The first-order chi connectivity index (χ1) is 9.20. The largest absolute Gasteiger partial charge is 0.444 e. The number of nitrogens with zero attached hydrogens (tertiary/aromatic N) is 4. The summed E-state index contributed by atoms with van der Waals surface area (Å²) >= 11 is 4.55. The number of hydrogen-bond donors (Lipinski definition) is 2. The zero-order chi connectivity index (χ0) is 13.2. The Balaban J connectivity index is 1.68. The minimum atomic E-state index is 0.272. The Morgan fingerprint density at radius 3 is 2.89 bits per heavy atom. The van der Waals surface area contributed by atoms with Crippen LogP contribution < -0.4 is 5.73 Å². The van der Waals surface area contributed by atoms with Gasteiger partial charge in [-0.15, -0.1) is 15.3 Å². The van der Waals surface area contributed by atoms with Crippen molar-refractivity contribution < 1.29 is 8.83 Å². The topological polar surface area (TPSA) is 120 Å². The number of thioether (sulfide) groups is 1. The van der Waals surface area contributed by atoms with Crippen LogP contribution in [-0.4, -0.2) is 25.4 Å². The lowest BCUT2D eigenvalue weighted by molar-refractivity contribution is 0.486. The van der Waals surface area contributed by atoms with Crippen molar-refractivity contribution in [3.63, 3.8) is 0 Å². The maximum atomic E-state index is 5.46. The van der Waals surface area contributed by atoms with Crippen molar-refractivity contribution in [3.05, 3.63) is 22.7 Å². The third-order valence-electron chi connectivity index (χ3n) is 2.06. The molecule has 8 nitrogen and oxygen atoms in total. The molecule has 0 aromatic carbocycles. The van der Waals surface area contributed by atoms with E-state index in [2.05, 4.69) is 41.3 Å². The van der Waals surface area contributed by atoms with E-state index in [0.717, 1.165) is 0 Å². The number of rotatable bonds is 4. The highest BCUT2D eigenvalue weighted by atomic mass is 79.9. The first kappa shape index (κ1) is 12.2. The maximum absolute atomic E-state index is 5.46. The fourth-order valence-electron chi connectivity index (χ4n) is 1.29. The van der Waals surface area contributed by atoms with Gasteiger partial charge >= 0.3 is 0 Å². The Labute approximate surface area is 119 Å². The Morgan fingerprint density at radius 1 is 1.32 bits per heavy atom. The van der Waals surface area contributed by atoms with Crippen LogP contribution in [0.15, 0.2) is 30.8 Å². The summed E-state index contributed by atoms with van der Waals surface area (Å²) in [6.45, 7) is 0. The molecule has 0 bridgehead atoms. The molecule has 10 heteroatoms. The van der Waals surface area contributed by atoms with Gasteiger partial charge in [0.25, 0.3) is 5.89 Å². The van der Waals surface area contributed by atoms with Crippen molar-refractivity contribution in [1.29, 1.82) is 0 Å². The summed E-state index contributed by atoms with van der Waals surface area (Å²) in [6.07, 6.45) is 0. The lowest BCUT2D eigenvalue weighted by Crippen LogP contribution is -1.85. The molecule has 0 aliphatic rings. The van der Waals surface area contributed by atoms with E-state index in [1.54, 1.807) is 12.1 Å². The average Bonchev–Trinajstić information content (AvgIpc) is 3.07. The molecule has 0 unspecified atom stereocenters. The average molecular weight is 343 g/mol. The number of H-pyrrole nitrogens is 1. The van der Waals surface area contributed by atoms with Gasteiger partial charge in [-0.1, -0.05) is 11.8 Å². The number of aromatic amines is 1. The highest BCUT2D eigenvalue weighted by molar-refractivity contribution is 9.10. The van der Waals surface area contributed by atoms with Crippen LogP contribution in [0.1, 0.15) is 5.89 Å². The molecule has 0 amide bonds. The molecular formula is C9H7BrN6O2S. The third kappa shape index (κ3) is 2.79. The van der Waals surface area contributed by atoms with E-state index >= 15 is 0 Å². The summed E-state index contributed by atoms with van der Waals surface area (Å²) < 4.78 is 11.4. The van der Waals surface area contributed by atoms with E-state index in [9.17, 15) is 0 Å². The summed E-state index contributed by atoms with van der Waals surface area (Å²) in [5, 5.41) is 14.8. The molecule has 3 aromatic heterocycles. The quantitative estimate of drug-likeness (QED) is 0.691. The molecule has 0 aliphatic heterocycles. The van der Waals surface area contributed by atoms with Crippen LogP contribution in [0.2, 0.25) is 0 Å². The first-order valence-corrected chi connectivity index (χ1v) is 6.87. The number of nitrogens with two attached hydrogens (primary N) is 1. The van der Waals surface area contributed by atoms with Crippen LogP contribution in [0.5, 0.6) is 0 Å². The van der Waals surface area contributed by atoms with Crippen LogP contribution in [0.3, 0.4) is 0 Å². The van der Waals surface area contributed by atoms with E-state index < -0.39 is 0 Å². The minimum absolute atomic E-state index is 0.272. The van der Waals surface area contributed by atoms with Gasteiger partial charge in [-0.05, 0) is 28.1 Å². The van der Waals surface area contributed by atoms with Gasteiger partial charge in [0.15, 0.2) is 10.4 Å². The van der Waals surface area contributed by atoms with Crippen molar-refractivity contribution in [2.24, 2.45) is 0 Å². The van der Waals surface area contributed by atoms with E-state index in [0.29, 0.717) is 33.1 Å². The van der Waals surface area contributed by atoms with Gasteiger partial charge in [0.2, 0.25) is 17.0 Å². The van der Waals surface area contributed by atoms with Gasteiger partial charge in [-0.3, -0.25) is 0 Å². The van der Waals surface area contributed by atoms with E-state index in [1.165, 1.54) is 11.8 Å². The molecule has 0 radical (unpaired) electrons. The summed E-state index contributed by atoms with van der Waals surface area (Å²) in [5.41, 5.74) is 5.42. The fraction of sp³-hybridized carbons (Fsp3) is 0.111. The van der Waals surface area contributed by atoms with Crippen molar-refractivity contribution in [2.75, 3.05) is 5.73 Å². The smallest absolute Gasteiger partial charge is 0.283 e. The molecule has 19 heavy (non-hydrogen) atoms. The molecule has 3 N–H and O–H groups in total. The Bertz CT molecular complexity index is 692. The highest BCUT2D eigenvalue weighted by Gasteiger charge is 2.13. The van der Waals surface area contributed by atoms with E-state index in [-0.39, 0.29) is 5.95 Å². The number of nitrogens with one attached hydrogen (secondary N) is 1. The van der Waals surface area contributed by atoms with Gasteiger partial charge in [0.05, 0.1) is 5.75 Å². The normalized spacial score (nSPS) is 11.0. The monoisotopic (exact) mass is 342 g/mol. The van der Waals surface area contributed by atoms with Gasteiger partial charge in [-0.25, -0.2) is 5.10 Å². The Hall–Kier alpha value is -1.81. The Kier molecular flexibility index (Phi) is 3.25. The lowest BCUT2D eigenvalue weighted by atomic mass is 10.5. The second kappa shape index (κ2) is 5.05. The molecule has 0 atom stereocenters. The molecule has 0 fully saturated rings. The predicted octanol–water partition coefficient (Wildman–Crippen LogP) is 2.08. The van der Waals surface area contributed by atoms with Crippen molar-refractivity contribution in [1.82, 2.24) is 25.4 Å². The maximum Gasteiger partial charge on any atom is 0.283 e. The van der Waals surface area contributed by atoms with Crippen molar-refractivity contribution >= 4 is 33.6 Å². The molecule has 0 spiro atoms. The van der Waals surface area contributed by atoms with Gasteiger partial charge in [0.1, 0.15) is 0 Å². The van der Waals surface area contributed by atoms with E-state index in [4.69, 9.17) is 14.6 Å². The van der Waals surface area contributed by atoms with Gasteiger partial charge in [0, 0.05) is 0 Å². The summed E-state index contributed by atoms with van der Waals surface area (Å²) in [4.78, 5) is 3.95. The molecule has 3 heterocycles. The zero-order valence-corrected chi connectivity index (χ0v) is 11.7. The molecule has 0 saturated carbocycles. The number of anilines is 1. The lowest BCUT2D eigenvalue weighted by Gasteiger charge is -1.90. The number of furan rings is 1. The molecule has 0 saturated heterocycles. The van der Waals surface area contributed by atoms with E-state index in [1.807, 2.05) is 0 Å². The number of halogens is 1. The second-order valence-electron chi connectivity index (χ2n) is 3.40. The minimum Gasteiger partial charge on any atom is -0.444 e. The first-order valence-electron chi connectivity index (χ1n) is 5.09. The van der Waals surface area contributed by atoms with Crippen LogP contribution in [0, 0.1) is 0 Å². The summed E-state index contributed by atoms with van der Waals surface area (Å²) in [6, 6.07) is 3.49. The van der Waals surface area contributed by atoms with Crippen LogP contribution in [-0.2, 0) is 5.75 Å². The summed E-state index contributed by atoms with van der Waals surface area (Å²) in [5.74, 6) is 2.02. The second-order valence-corrected chi connectivity index (χ2v) is 5.12. The highest BCUT2D eigenvalue weighted by Crippen LogP contribution is 2.25. The Morgan fingerprint density at radius 2 is 2.21 bits per heavy atom. The molecule has 3 aromatic rings. The van der Waals surface area contributed by atoms with Crippen molar-refractivity contribution in [3.8, 4) is 11.7 Å². The van der Waals surface area contributed by atoms with Gasteiger partial charge < -0.3 is 14.6 Å². The van der Waals surface area contributed by atoms with Crippen LogP contribution in [0.4, 0.5) is 5.95 Å².